The maximum atomic E-state index is 12.2. The van der Waals surface area contributed by atoms with Gasteiger partial charge in [0.1, 0.15) is 0 Å². The Hall–Kier alpha value is -1.93. The van der Waals surface area contributed by atoms with Crippen LogP contribution in [-0.2, 0) is 9.59 Å². The minimum absolute atomic E-state index is 0.0154. The van der Waals surface area contributed by atoms with E-state index in [-0.39, 0.29) is 23.5 Å². The second-order valence-electron chi connectivity index (χ2n) is 5.96. The molecule has 2 rings (SSSR count). The number of amides is 2. The van der Waals surface area contributed by atoms with Crippen LogP contribution >= 0.6 is 23.1 Å². The molecule has 0 unspecified atom stereocenters. The van der Waals surface area contributed by atoms with Gasteiger partial charge in [0, 0.05) is 11.6 Å². The number of nitrogens with zero attached hydrogens (tertiary/aromatic N) is 2. The van der Waals surface area contributed by atoms with Crippen LogP contribution in [0.1, 0.15) is 37.8 Å². The fourth-order valence-corrected chi connectivity index (χ4v) is 3.94. The number of aromatic nitrogens is 2. The summed E-state index contributed by atoms with van der Waals surface area (Å²) in [6.07, 6.45) is 1.59. The molecule has 2 aromatic rings. The van der Waals surface area contributed by atoms with E-state index in [0.29, 0.717) is 9.47 Å². The Labute approximate surface area is 162 Å². The van der Waals surface area contributed by atoms with Gasteiger partial charge in [-0.2, -0.15) is 0 Å². The molecule has 2 amide bonds. The number of hydrogen-bond donors (Lipinski definition) is 2. The molecule has 1 aromatic heterocycles. The topological polar surface area (TPSA) is 84.0 Å². The van der Waals surface area contributed by atoms with Gasteiger partial charge in [-0.05, 0) is 43.9 Å². The van der Waals surface area contributed by atoms with E-state index in [0.717, 1.165) is 29.7 Å². The molecule has 0 aliphatic rings. The van der Waals surface area contributed by atoms with E-state index in [1.54, 1.807) is 0 Å². The van der Waals surface area contributed by atoms with Gasteiger partial charge in [-0.25, -0.2) is 0 Å². The lowest BCUT2D eigenvalue weighted by Gasteiger charge is -2.10. The lowest BCUT2D eigenvalue weighted by Crippen LogP contribution is -2.21. The zero-order chi connectivity index (χ0) is 19.1. The highest BCUT2D eigenvalue weighted by Gasteiger charge is 2.16. The van der Waals surface area contributed by atoms with Crippen molar-refractivity contribution in [3.63, 3.8) is 0 Å². The minimum atomic E-state index is -0.0958. The van der Waals surface area contributed by atoms with E-state index in [2.05, 4.69) is 20.8 Å². The van der Waals surface area contributed by atoms with Crippen LogP contribution in [0.3, 0.4) is 0 Å². The summed E-state index contributed by atoms with van der Waals surface area (Å²) >= 11 is 2.59. The predicted molar refractivity (Wildman–Crippen MR) is 108 cm³/mol. The van der Waals surface area contributed by atoms with Crippen LogP contribution in [-0.4, -0.2) is 27.8 Å². The maximum Gasteiger partial charge on any atom is 0.234 e. The Morgan fingerprint density at radius 2 is 1.88 bits per heavy atom. The number of nitrogens with one attached hydrogen (secondary N) is 2. The highest BCUT2D eigenvalue weighted by Crippen LogP contribution is 2.26. The third-order valence-electron chi connectivity index (χ3n) is 4.20. The van der Waals surface area contributed by atoms with Crippen molar-refractivity contribution >= 4 is 45.7 Å². The molecule has 0 radical (unpaired) electrons. The third kappa shape index (κ3) is 5.54. The van der Waals surface area contributed by atoms with Crippen molar-refractivity contribution in [3.8, 4) is 0 Å². The van der Waals surface area contributed by atoms with Crippen molar-refractivity contribution in [2.75, 3.05) is 16.4 Å². The smallest absolute Gasteiger partial charge is 0.234 e. The maximum absolute atomic E-state index is 12.2. The van der Waals surface area contributed by atoms with E-state index in [1.807, 2.05) is 45.9 Å². The van der Waals surface area contributed by atoms with Crippen LogP contribution in [0.15, 0.2) is 22.5 Å². The molecule has 0 saturated heterocycles. The van der Waals surface area contributed by atoms with Gasteiger partial charge >= 0.3 is 0 Å². The van der Waals surface area contributed by atoms with Crippen LogP contribution < -0.4 is 10.6 Å². The first kappa shape index (κ1) is 20.4. The summed E-state index contributed by atoms with van der Waals surface area (Å²) in [6, 6.07) is 5.82. The minimum Gasteiger partial charge on any atom is -0.325 e. The van der Waals surface area contributed by atoms with Crippen LogP contribution in [0.2, 0.25) is 0 Å². The van der Waals surface area contributed by atoms with Crippen LogP contribution in [0.5, 0.6) is 0 Å². The Balaban J connectivity index is 1.86. The third-order valence-corrected chi connectivity index (χ3v) is 6.17. The predicted octanol–water partition coefficient (Wildman–Crippen LogP) is 4.26. The summed E-state index contributed by atoms with van der Waals surface area (Å²) in [5.74, 6) is 0.0953. The number of anilines is 2. The number of benzene rings is 1. The van der Waals surface area contributed by atoms with E-state index < -0.39 is 0 Å². The molecule has 2 N–H and O–H groups in total. The van der Waals surface area contributed by atoms with E-state index in [4.69, 9.17) is 0 Å². The molecular weight excluding hydrogens is 368 g/mol. The fourth-order valence-electron chi connectivity index (χ4n) is 2.39. The number of thioether (sulfide) groups is 1. The molecule has 0 atom stereocenters. The second kappa shape index (κ2) is 9.68. The van der Waals surface area contributed by atoms with E-state index in [1.165, 1.54) is 23.1 Å². The van der Waals surface area contributed by atoms with Crippen molar-refractivity contribution in [3.05, 3.63) is 29.3 Å². The molecule has 6 nitrogen and oxygen atoms in total. The highest BCUT2D eigenvalue weighted by molar-refractivity contribution is 8.01. The van der Waals surface area contributed by atoms with Gasteiger partial charge in [0.15, 0.2) is 4.34 Å². The summed E-state index contributed by atoms with van der Waals surface area (Å²) in [7, 11) is 0. The SMILES string of the molecule is CCC(CC)C(=O)Nc1nnc(SCC(=O)Nc2cccc(C)c2C)s1. The molecule has 0 saturated carbocycles. The van der Waals surface area contributed by atoms with Gasteiger partial charge in [-0.3, -0.25) is 9.59 Å². The van der Waals surface area contributed by atoms with Gasteiger partial charge in [0.05, 0.1) is 5.75 Å². The Kier molecular flexibility index (Phi) is 7.59. The molecular formula is C18H24N4O2S2. The molecule has 0 aliphatic heterocycles. The summed E-state index contributed by atoms with van der Waals surface area (Å²) in [4.78, 5) is 24.2. The molecule has 26 heavy (non-hydrogen) atoms. The summed E-state index contributed by atoms with van der Waals surface area (Å²) in [6.45, 7) is 7.98. The molecule has 8 heteroatoms. The van der Waals surface area contributed by atoms with Crippen LogP contribution in [0.4, 0.5) is 10.8 Å². The first-order valence-electron chi connectivity index (χ1n) is 8.57. The van der Waals surface area contributed by atoms with Gasteiger partial charge in [0.2, 0.25) is 16.9 Å². The lowest BCUT2D eigenvalue weighted by atomic mass is 10.0. The first-order valence-corrected chi connectivity index (χ1v) is 10.4. The summed E-state index contributed by atoms with van der Waals surface area (Å²) < 4.78 is 0.654. The van der Waals surface area contributed by atoms with E-state index in [9.17, 15) is 9.59 Å². The number of aryl methyl sites for hydroxylation is 1. The number of carbonyl (C=O) groups excluding carboxylic acids is 2. The van der Waals surface area contributed by atoms with Crippen LogP contribution in [0, 0.1) is 19.8 Å². The van der Waals surface area contributed by atoms with Gasteiger partial charge in [0.25, 0.3) is 0 Å². The second-order valence-corrected chi connectivity index (χ2v) is 8.16. The standard InChI is InChI=1S/C18H24N4O2S2/c1-5-13(6-2)16(24)20-17-21-22-18(26-17)25-10-15(23)19-14-9-7-8-11(3)12(14)4/h7-9,13H,5-6,10H2,1-4H3,(H,19,23)(H,20,21,24). The number of carbonyl (C=O) groups is 2. The zero-order valence-electron chi connectivity index (χ0n) is 15.5. The summed E-state index contributed by atoms with van der Waals surface area (Å²) in [5.41, 5.74) is 3.02. The monoisotopic (exact) mass is 392 g/mol. The Morgan fingerprint density at radius 3 is 2.58 bits per heavy atom. The Morgan fingerprint density at radius 1 is 1.15 bits per heavy atom. The van der Waals surface area contributed by atoms with Gasteiger partial charge in [-0.15, -0.1) is 10.2 Å². The Bertz CT molecular complexity index is 772. The van der Waals surface area contributed by atoms with Crippen molar-refractivity contribution in [1.29, 1.82) is 0 Å². The quantitative estimate of drug-likeness (QED) is 0.518. The average molecular weight is 393 g/mol. The van der Waals surface area contributed by atoms with Gasteiger partial charge < -0.3 is 10.6 Å². The summed E-state index contributed by atoms with van der Waals surface area (Å²) in [5, 5.41) is 14.2. The number of hydrogen-bond acceptors (Lipinski definition) is 6. The van der Waals surface area contributed by atoms with Gasteiger partial charge in [-0.1, -0.05) is 49.1 Å². The van der Waals surface area contributed by atoms with Crippen LogP contribution in [0.25, 0.3) is 0 Å². The van der Waals surface area contributed by atoms with E-state index >= 15 is 0 Å². The zero-order valence-corrected chi connectivity index (χ0v) is 17.1. The fraction of sp³-hybridized carbons (Fsp3) is 0.444. The molecule has 1 heterocycles. The molecule has 0 spiro atoms. The number of rotatable bonds is 8. The van der Waals surface area contributed by atoms with Crippen molar-refractivity contribution in [2.24, 2.45) is 5.92 Å². The van der Waals surface area contributed by atoms with Crippen molar-refractivity contribution in [1.82, 2.24) is 10.2 Å². The lowest BCUT2D eigenvalue weighted by molar-refractivity contribution is -0.120. The average Bonchev–Trinajstić information content (AvgIpc) is 3.05. The molecule has 0 fully saturated rings. The molecule has 1 aromatic carbocycles. The molecule has 0 bridgehead atoms. The highest BCUT2D eigenvalue weighted by atomic mass is 32.2. The largest absolute Gasteiger partial charge is 0.325 e. The molecule has 140 valence electrons. The first-order chi connectivity index (χ1) is 12.4. The van der Waals surface area contributed by atoms with Crippen molar-refractivity contribution in [2.45, 2.75) is 44.9 Å². The normalized spacial score (nSPS) is 10.8. The molecule has 0 aliphatic carbocycles. The van der Waals surface area contributed by atoms with Crippen molar-refractivity contribution < 1.29 is 9.59 Å².